The van der Waals surface area contributed by atoms with Crippen LogP contribution in [-0.2, 0) is 23.8 Å². The molecule has 0 radical (unpaired) electrons. The SMILES string of the molecule is C.COCC1CC=CCCCC(C)C(OC)C(C)C(=O)C(C)(C)/C=C/C(=O)O1. The van der Waals surface area contributed by atoms with Crippen LogP contribution in [0.15, 0.2) is 24.3 Å². The quantitative estimate of drug-likeness (QED) is 0.509. The van der Waals surface area contributed by atoms with E-state index in [1.807, 2.05) is 26.8 Å². The number of methoxy groups -OCH3 is 2. The van der Waals surface area contributed by atoms with Crippen molar-refractivity contribution in [1.82, 2.24) is 0 Å². The van der Waals surface area contributed by atoms with Crippen molar-refractivity contribution in [2.24, 2.45) is 17.3 Å². The molecule has 1 aliphatic rings. The first-order valence-corrected chi connectivity index (χ1v) is 9.83. The van der Waals surface area contributed by atoms with Gasteiger partial charge in [0.15, 0.2) is 0 Å². The first-order chi connectivity index (χ1) is 12.7. The summed E-state index contributed by atoms with van der Waals surface area (Å²) >= 11 is 0. The van der Waals surface area contributed by atoms with Crippen molar-refractivity contribution in [2.45, 2.75) is 73.0 Å². The van der Waals surface area contributed by atoms with Gasteiger partial charge < -0.3 is 14.2 Å². The lowest BCUT2D eigenvalue weighted by Gasteiger charge is -2.32. The van der Waals surface area contributed by atoms with Crippen molar-refractivity contribution >= 4 is 11.8 Å². The highest BCUT2D eigenvalue weighted by molar-refractivity contribution is 5.90. The van der Waals surface area contributed by atoms with E-state index in [0.717, 1.165) is 19.3 Å². The number of hydrogen-bond acceptors (Lipinski definition) is 5. The van der Waals surface area contributed by atoms with E-state index in [1.54, 1.807) is 20.3 Å². The number of hydrogen-bond donors (Lipinski definition) is 0. The number of cyclic esters (lactones) is 1. The Labute approximate surface area is 171 Å². The normalized spacial score (nSPS) is 30.9. The summed E-state index contributed by atoms with van der Waals surface area (Å²) in [6, 6.07) is 0. The third-order valence-corrected chi connectivity index (χ3v) is 5.24. The van der Waals surface area contributed by atoms with E-state index in [1.165, 1.54) is 6.08 Å². The Balaban J connectivity index is 0.00000729. The monoisotopic (exact) mass is 396 g/mol. The second-order valence-corrected chi connectivity index (χ2v) is 8.04. The standard InChI is InChI=1S/C22H36O5.CH4/c1-16-11-9-7-8-10-12-18(15-25-5)27-19(23)13-14-22(3,4)21(24)17(2)20(16)26-6;/h8,10,13-14,16-18,20H,7,9,11-12,15H2,1-6H3;1H4/b10-8?,14-13+;. The summed E-state index contributed by atoms with van der Waals surface area (Å²) in [7, 11) is 3.25. The number of carbonyl (C=O) groups is 2. The molecular formula is C23H40O5. The summed E-state index contributed by atoms with van der Waals surface area (Å²) in [5, 5.41) is 0. The minimum atomic E-state index is -0.775. The van der Waals surface area contributed by atoms with Crippen molar-refractivity contribution in [3.8, 4) is 0 Å². The first kappa shape index (κ1) is 26.5. The molecule has 0 amide bonds. The molecule has 28 heavy (non-hydrogen) atoms. The molecule has 0 N–H and O–H groups in total. The molecule has 0 aromatic carbocycles. The molecule has 0 spiro atoms. The fourth-order valence-corrected chi connectivity index (χ4v) is 3.65. The minimum absolute atomic E-state index is 0. The lowest BCUT2D eigenvalue weighted by Crippen LogP contribution is -2.39. The molecule has 5 nitrogen and oxygen atoms in total. The Bertz CT molecular complexity index is 535. The van der Waals surface area contributed by atoms with E-state index in [2.05, 4.69) is 13.0 Å². The van der Waals surface area contributed by atoms with E-state index < -0.39 is 11.4 Å². The number of ketones is 1. The van der Waals surface area contributed by atoms with Crippen LogP contribution in [0, 0.1) is 17.3 Å². The van der Waals surface area contributed by atoms with Crippen molar-refractivity contribution in [3.05, 3.63) is 24.3 Å². The summed E-state index contributed by atoms with van der Waals surface area (Å²) in [5.41, 5.74) is -0.775. The summed E-state index contributed by atoms with van der Waals surface area (Å²) in [4.78, 5) is 25.2. The average molecular weight is 397 g/mol. The van der Waals surface area contributed by atoms with Gasteiger partial charge >= 0.3 is 5.97 Å². The van der Waals surface area contributed by atoms with Crippen LogP contribution in [0.5, 0.6) is 0 Å². The van der Waals surface area contributed by atoms with E-state index in [4.69, 9.17) is 14.2 Å². The highest BCUT2D eigenvalue weighted by Gasteiger charge is 2.36. The van der Waals surface area contributed by atoms with Gasteiger partial charge in [0.1, 0.15) is 11.9 Å². The van der Waals surface area contributed by atoms with Gasteiger partial charge in [-0.3, -0.25) is 4.79 Å². The lowest BCUT2D eigenvalue weighted by atomic mass is 9.76. The molecule has 0 aromatic heterocycles. The van der Waals surface area contributed by atoms with Gasteiger partial charge in [0, 0.05) is 38.0 Å². The van der Waals surface area contributed by atoms with Crippen LogP contribution in [0.1, 0.15) is 60.8 Å². The summed E-state index contributed by atoms with van der Waals surface area (Å²) < 4.78 is 16.3. The van der Waals surface area contributed by atoms with Crippen molar-refractivity contribution in [3.63, 3.8) is 0 Å². The largest absolute Gasteiger partial charge is 0.456 e. The molecule has 4 unspecified atom stereocenters. The van der Waals surface area contributed by atoms with Gasteiger partial charge in [-0.1, -0.05) is 39.5 Å². The predicted molar refractivity (Wildman–Crippen MR) is 113 cm³/mol. The van der Waals surface area contributed by atoms with E-state index in [-0.39, 0.29) is 37.3 Å². The van der Waals surface area contributed by atoms with Crippen LogP contribution in [0.25, 0.3) is 0 Å². The fraction of sp³-hybridized carbons (Fsp3) is 0.739. The molecular weight excluding hydrogens is 356 g/mol. The van der Waals surface area contributed by atoms with Crippen LogP contribution in [0.2, 0.25) is 0 Å². The molecule has 1 rings (SSSR count). The zero-order valence-corrected chi connectivity index (χ0v) is 17.7. The van der Waals surface area contributed by atoms with Crippen LogP contribution in [0.4, 0.5) is 0 Å². The van der Waals surface area contributed by atoms with Gasteiger partial charge in [-0.15, -0.1) is 0 Å². The van der Waals surface area contributed by atoms with Gasteiger partial charge in [-0.2, -0.15) is 0 Å². The Hall–Kier alpha value is -1.46. The smallest absolute Gasteiger partial charge is 0.330 e. The van der Waals surface area contributed by atoms with Crippen LogP contribution in [0.3, 0.4) is 0 Å². The summed E-state index contributed by atoms with van der Waals surface area (Å²) in [6.07, 6.45) is 10.3. The zero-order chi connectivity index (χ0) is 20.4. The Morgan fingerprint density at radius 2 is 1.86 bits per heavy atom. The molecule has 0 fully saturated rings. The zero-order valence-electron chi connectivity index (χ0n) is 17.7. The van der Waals surface area contributed by atoms with Gasteiger partial charge in [0.25, 0.3) is 0 Å². The maximum absolute atomic E-state index is 13.0. The lowest BCUT2D eigenvalue weighted by molar-refractivity contribution is -0.145. The molecule has 5 heteroatoms. The molecule has 0 saturated heterocycles. The van der Waals surface area contributed by atoms with Crippen LogP contribution in [-0.4, -0.2) is 44.8 Å². The van der Waals surface area contributed by atoms with Crippen molar-refractivity contribution < 1.29 is 23.8 Å². The second-order valence-electron chi connectivity index (χ2n) is 8.04. The van der Waals surface area contributed by atoms with Crippen molar-refractivity contribution in [1.29, 1.82) is 0 Å². The van der Waals surface area contributed by atoms with Gasteiger partial charge in [-0.25, -0.2) is 4.79 Å². The second kappa shape index (κ2) is 12.9. The van der Waals surface area contributed by atoms with Crippen LogP contribution < -0.4 is 0 Å². The maximum Gasteiger partial charge on any atom is 0.330 e. The number of rotatable bonds is 3. The molecule has 1 heterocycles. The molecule has 0 aliphatic carbocycles. The Morgan fingerprint density at radius 3 is 2.46 bits per heavy atom. The van der Waals surface area contributed by atoms with Gasteiger partial charge in [0.05, 0.1) is 12.7 Å². The third kappa shape index (κ3) is 8.27. The van der Waals surface area contributed by atoms with E-state index in [9.17, 15) is 9.59 Å². The Morgan fingerprint density at radius 1 is 1.18 bits per heavy atom. The first-order valence-electron chi connectivity index (χ1n) is 9.83. The van der Waals surface area contributed by atoms with Crippen molar-refractivity contribution in [2.75, 3.05) is 20.8 Å². The van der Waals surface area contributed by atoms with E-state index >= 15 is 0 Å². The molecule has 0 bridgehead atoms. The van der Waals surface area contributed by atoms with E-state index in [0.29, 0.717) is 13.0 Å². The molecule has 1 aliphatic heterocycles. The number of Topliss-reactive ketones (excluding diaryl/α,β-unsaturated/α-hetero) is 1. The number of allylic oxidation sites excluding steroid dienone is 2. The highest BCUT2D eigenvalue weighted by Crippen LogP contribution is 2.30. The molecule has 162 valence electrons. The topological polar surface area (TPSA) is 61.8 Å². The van der Waals surface area contributed by atoms with Gasteiger partial charge in [-0.05, 0) is 39.0 Å². The average Bonchev–Trinajstić information content (AvgIpc) is 2.62. The molecule has 4 atom stereocenters. The highest BCUT2D eigenvalue weighted by atomic mass is 16.6. The number of ether oxygens (including phenoxy) is 3. The molecule has 0 aromatic rings. The predicted octanol–water partition coefficient (Wildman–Crippen LogP) is 4.75. The van der Waals surface area contributed by atoms with Crippen LogP contribution >= 0.6 is 0 Å². The fourth-order valence-electron chi connectivity index (χ4n) is 3.65. The number of carbonyl (C=O) groups excluding carboxylic acids is 2. The summed E-state index contributed by atoms with van der Waals surface area (Å²) in [6.45, 7) is 8.05. The minimum Gasteiger partial charge on any atom is -0.456 e. The summed E-state index contributed by atoms with van der Waals surface area (Å²) in [5.74, 6) is -0.375. The molecule has 0 saturated carbocycles. The van der Waals surface area contributed by atoms with Gasteiger partial charge in [0.2, 0.25) is 0 Å². The Kier molecular flexibility index (Phi) is 12.2. The third-order valence-electron chi connectivity index (χ3n) is 5.24. The number of esters is 1. The maximum atomic E-state index is 13.0.